The average molecular weight is 277 g/mol. The topological polar surface area (TPSA) is 45.7 Å². The monoisotopic (exact) mass is 277 g/mol. The summed E-state index contributed by atoms with van der Waals surface area (Å²) >= 11 is 0. The molecular formula is C16H27N3O. The van der Waals surface area contributed by atoms with Crippen LogP contribution in [0.25, 0.3) is 0 Å². The van der Waals surface area contributed by atoms with Gasteiger partial charge in [-0.2, -0.15) is 0 Å². The van der Waals surface area contributed by atoms with E-state index in [-0.39, 0.29) is 0 Å². The van der Waals surface area contributed by atoms with Gasteiger partial charge in [0.1, 0.15) is 5.75 Å². The number of guanidine groups is 1. The molecule has 4 nitrogen and oxygen atoms in total. The van der Waals surface area contributed by atoms with Gasteiger partial charge in [-0.25, -0.2) is 0 Å². The summed E-state index contributed by atoms with van der Waals surface area (Å²) in [6.45, 7) is 6.15. The lowest BCUT2D eigenvalue weighted by Gasteiger charge is -2.16. The molecule has 0 heterocycles. The molecule has 0 unspecified atom stereocenters. The van der Waals surface area contributed by atoms with Crippen molar-refractivity contribution in [2.45, 2.75) is 33.2 Å². The van der Waals surface area contributed by atoms with Crippen molar-refractivity contribution < 1.29 is 4.74 Å². The van der Waals surface area contributed by atoms with Gasteiger partial charge in [-0.15, -0.1) is 0 Å². The highest BCUT2D eigenvalue weighted by Gasteiger charge is 2.05. The number of methoxy groups -OCH3 is 1. The van der Waals surface area contributed by atoms with E-state index in [1.807, 2.05) is 18.2 Å². The van der Waals surface area contributed by atoms with E-state index in [0.29, 0.717) is 5.92 Å². The lowest BCUT2D eigenvalue weighted by molar-refractivity contribution is 0.414. The van der Waals surface area contributed by atoms with E-state index in [9.17, 15) is 0 Å². The molecule has 0 aliphatic rings. The van der Waals surface area contributed by atoms with Gasteiger partial charge < -0.3 is 15.4 Å². The molecule has 0 aliphatic heterocycles. The van der Waals surface area contributed by atoms with Crippen molar-refractivity contribution in [3.8, 4) is 5.75 Å². The Morgan fingerprint density at radius 2 is 2.00 bits per heavy atom. The van der Waals surface area contributed by atoms with E-state index in [2.05, 4.69) is 35.5 Å². The summed E-state index contributed by atoms with van der Waals surface area (Å²) in [5, 5.41) is 6.70. The average Bonchev–Trinajstić information content (AvgIpc) is 2.51. The molecule has 2 N–H and O–H groups in total. The molecule has 112 valence electrons. The van der Waals surface area contributed by atoms with Gasteiger partial charge in [0.05, 0.1) is 7.11 Å². The van der Waals surface area contributed by atoms with E-state index in [0.717, 1.165) is 24.8 Å². The van der Waals surface area contributed by atoms with Crippen molar-refractivity contribution in [1.29, 1.82) is 0 Å². The Morgan fingerprint density at radius 1 is 1.25 bits per heavy atom. The minimum absolute atomic E-state index is 0.699. The molecule has 0 saturated heterocycles. The van der Waals surface area contributed by atoms with Gasteiger partial charge in [-0.05, 0) is 23.6 Å². The Balaban J connectivity index is 2.45. The third-order valence-corrected chi connectivity index (χ3v) is 3.53. The van der Waals surface area contributed by atoms with Gasteiger partial charge in [-0.3, -0.25) is 4.99 Å². The molecule has 4 heteroatoms. The highest BCUT2D eigenvalue weighted by atomic mass is 16.5. The number of hydrogen-bond donors (Lipinski definition) is 2. The number of benzene rings is 1. The molecule has 0 saturated carbocycles. The van der Waals surface area contributed by atoms with Crippen molar-refractivity contribution >= 4 is 5.96 Å². The predicted molar refractivity (Wildman–Crippen MR) is 85.3 cm³/mol. The smallest absolute Gasteiger partial charge is 0.191 e. The molecule has 1 rings (SSSR count). The van der Waals surface area contributed by atoms with Crippen LogP contribution in [0.3, 0.4) is 0 Å². The van der Waals surface area contributed by atoms with Crippen molar-refractivity contribution in [3.63, 3.8) is 0 Å². The molecule has 1 aromatic rings. The van der Waals surface area contributed by atoms with Gasteiger partial charge in [-0.1, -0.05) is 38.8 Å². The molecular weight excluding hydrogens is 250 g/mol. The maximum Gasteiger partial charge on any atom is 0.191 e. The molecule has 20 heavy (non-hydrogen) atoms. The van der Waals surface area contributed by atoms with Gasteiger partial charge >= 0.3 is 0 Å². The molecule has 0 atom stereocenters. The van der Waals surface area contributed by atoms with E-state index >= 15 is 0 Å². The second kappa shape index (κ2) is 9.23. The fourth-order valence-corrected chi connectivity index (χ4v) is 2.01. The van der Waals surface area contributed by atoms with Crippen LogP contribution >= 0.6 is 0 Å². The van der Waals surface area contributed by atoms with Crippen LogP contribution in [0.4, 0.5) is 0 Å². The first kappa shape index (κ1) is 16.3. The van der Waals surface area contributed by atoms with Gasteiger partial charge in [0.15, 0.2) is 5.96 Å². The highest BCUT2D eigenvalue weighted by Crippen LogP contribution is 2.12. The van der Waals surface area contributed by atoms with Crippen LogP contribution in [0.5, 0.6) is 5.75 Å². The Morgan fingerprint density at radius 3 is 2.60 bits per heavy atom. The zero-order valence-electron chi connectivity index (χ0n) is 13.1. The number of aliphatic imine (C=N–C) groups is 1. The zero-order chi connectivity index (χ0) is 14.8. The normalized spacial score (nSPS) is 11.6. The number of nitrogens with zero attached hydrogens (tertiary/aromatic N) is 1. The molecule has 0 amide bonds. The first-order chi connectivity index (χ1) is 9.73. The molecule has 0 aliphatic carbocycles. The van der Waals surface area contributed by atoms with Gasteiger partial charge in [0.2, 0.25) is 0 Å². The van der Waals surface area contributed by atoms with E-state index in [4.69, 9.17) is 4.74 Å². The third-order valence-electron chi connectivity index (χ3n) is 3.53. The van der Waals surface area contributed by atoms with Crippen LogP contribution in [0.2, 0.25) is 0 Å². The van der Waals surface area contributed by atoms with Crippen LogP contribution in [0.1, 0.15) is 32.3 Å². The maximum absolute atomic E-state index is 5.22. The summed E-state index contributed by atoms with van der Waals surface area (Å²) in [7, 11) is 3.48. The summed E-state index contributed by atoms with van der Waals surface area (Å²) in [5.41, 5.74) is 1.18. The first-order valence-electron chi connectivity index (χ1n) is 7.30. The van der Waals surface area contributed by atoms with Crippen LogP contribution < -0.4 is 15.4 Å². The fourth-order valence-electron chi connectivity index (χ4n) is 2.01. The van der Waals surface area contributed by atoms with Gasteiger partial charge in [0, 0.05) is 20.1 Å². The summed E-state index contributed by atoms with van der Waals surface area (Å²) in [6, 6.07) is 8.05. The Bertz CT molecular complexity index is 414. The second-order valence-electron chi connectivity index (χ2n) is 4.84. The lowest BCUT2D eigenvalue weighted by atomic mass is 10.0. The summed E-state index contributed by atoms with van der Waals surface area (Å²) in [5.74, 6) is 2.43. The highest BCUT2D eigenvalue weighted by molar-refractivity contribution is 5.79. The molecule has 0 radical (unpaired) electrons. The summed E-state index contributed by atoms with van der Waals surface area (Å²) in [4.78, 5) is 4.25. The van der Waals surface area contributed by atoms with Crippen LogP contribution in [0, 0.1) is 5.92 Å². The van der Waals surface area contributed by atoms with E-state index in [1.54, 1.807) is 14.2 Å². The van der Waals surface area contributed by atoms with Gasteiger partial charge in [0.25, 0.3) is 0 Å². The predicted octanol–water partition coefficient (Wildman–Crippen LogP) is 2.80. The Kier molecular flexibility index (Phi) is 7.55. The van der Waals surface area contributed by atoms with Crippen LogP contribution in [0.15, 0.2) is 29.3 Å². The quantitative estimate of drug-likeness (QED) is 0.595. The lowest BCUT2D eigenvalue weighted by Crippen LogP contribution is -2.39. The van der Waals surface area contributed by atoms with E-state index < -0.39 is 0 Å². The molecule has 1 aromatic carbocycles. The SMILES string of the molecule is CCC(CC)CNC(=NC)NCc1cccc(OC)c1. The summed E-state index contributed by atoms with van der Waals surface area (Å²) in [6.07, 6.45) is 2.38. The van der Waals surface area contributed by atoms with Crippen LogP contribution in [-0.2, 0) is 6.54 Å². The first-order valence-corrected chi connectivity index (χ1v) is 7.30. The van der Waals surface area contributed by atoms with Crippen molar-refractivity contribution in [2.24, 2.45) is 10.9 Å². The van der Waals surface area contributed by atoms with Crippen LogP contribution in [-0.4, -0.2) is 26.7 Å². The molecule has 0 bridgehead atoms. The van der Waals surface area contributed by atoms with Crippen molar-refractivity contribution in [3.05, 3.63) is 29.8 Å². The Hall–Kier alpha value is -1.71. The Labute approximate surface area is 122 Å². The number of rotatable bonds is 7. The third kappa shape index (κ3) is 5.51. The van der Waals surface area contributed by atoms with E-state index in [1.165, 1.54) is 18.4 Å². The number of hydrogen-bond acceptors (Lipinski definition) is 2. The maximum atomic E-state index is 5.22. The standard InChI is InChI=1S/C16H27N3O/c1-5-13(6-2)11-18-16(17-3)19-12-14-8-7-9-15(10-14)20-4/h7-10,13H,5-6,11-12H2,1-4H3,(H2,17,18,19). The number of nitrogens with one attached hydrogen (secondary N) is 2. The molecule has 0 spiro atoms. The zero-order valence-corrected chi connectivity index (χ0v) is 13.1. The van der Waals surface area contributed by atoms with Crippen molar-refractivity contribution in [2.75, 3.05) is 20.7 Å². The minimum Gasteiger partial charge on any atom is -0.497 e. The van der Waals surface area contributed by atoms with Crippen molar-refractivity contribution in [1.82, 2.24) is 10.6 Å². The molecule has 0 fully saturated rings. The fraction of sp³-hybridized carbons (Fsp3) is 0.562. The molecule has 0 aromatic heterocycles. The summed E-state index contributed by atoms with van der Waals surface area (Å²) < 4.78 is 5.22. The number of ether oxygens (including phenoxy) is 1. The second-order valence-corrected chi connectivity index (χ2v) is 4.84. The largest absolute Gasteiger partial charge is 0.497 e. The minimum atomic E-state index is 0.699.